The lowest BCUT2D eigenvalue weighted by Gasteiger charge is -2.11. The van der Waals surface area contributed by atoms with E-state index in [1.54, 1.807) is 30.6 Å². The minimum atomic E-state index is 0.386. The maximum Gasteiger partial charge on any atom is 0.153 e. The Balaban J connectivity index is 2.11. The lowest BCUT2D eigenvalue weighted by molar-refractivity contribution is 0.482. The Hall–Kier alpha value is -1.84. The molecule has 0 aliphatic rings. The van der Waals surface area contributed by atoms with Gasteiger partial charge in [0.05, 0.1) is 5.02 Å². The molecule has 2 heterocycles. The molecule has 0 fully saturated rings. The summed E-state index contributed by atoms with van der Waals surface area (Å²) in [5, 5.41) is 1.88. The summed E-state index contributed by atoms with van der Waals surface area (Å²) in [6, 6.07) is 9.02. The van der Waals surface area contributed by atoms with Gasteiger partial charge in [0.25, 0.3) is 0 Å². The fourth-order valence-electron chi connectivity index (χ4n) is 1.90. The minimum Gasteiger partial charge on any atom is -0.455 e. The SMILES string of the molecule is Cc1cnc(Cl)cc1Oc1ccc(Cl)c2cccnc12. The molecular formula is C15H10Cl2N2O. The fraction of sp³-hybridized carbons (Fsp3) is 0.0667. The van der Waals surface area contributed by atoms with Gasteiger partial charge < -0.3 is 4.74 Å². The zero-order valence-electron chi connectivity index (χ0n) is 10.6. The number of hydrogen-bond acceptors (Lipinski definition) is 3. The minimum absolute atomic E-state index is 0.386. The third-order valence-electron chi connectivity index (χ3n) is 2.92. The van der Waals surface area contributed by atoms with Crippen LogP contribution in [0.1, 0.15) is 5.56 Å². The van der Waals surface area contributed by atoms with Gasteiger partial charge in [-0.05, 0) is 31.2 Å². The number of hydrogen-bond donors (Lipinski definition) is 0. The smallest absolute Gasteiger partial charge is 0.153 e. The Kier molecular flexibility index (Phi) is 3.47. The van der Waals surface area contributed by atoms with Crippen molar-refractivity contribution in [1.82, 2.24) is 9.97 Å². The first-order valence-electron chi connectivity index (χ1n) is 5.98. The number of fused-ring (bicyclic) bond motifs is 1. The Morgan fingerprint density at radius 1 is 1.05 bits per heavy atom. The van der Waals surface area contributed by atoms with E-state index in [9.17, 15) is 0 Å². The highest BCUT2D eigenvalue weighted by atomic mass is 35.5. The van der Waals surface area contributed by atoms with E-state index in [-0.39, 0.29) is 0 Å². The Morgan fingerprint density at radius 3 is 2.75 bits per heavy atom. The summed E-state index contributed by atoms with van der Waals surface area (Å²) in [7, 11) is 0. The van der Waals surface area contributed by atoms with Gasteiger partial charge in [-0.2, -0.15) is 0 Å². The standard InChI is InChI=1S/C15H10Cl2N2O/c1-9-8-19-14(17)7-13(9)20-12-5-4-11(16)10-3-2-6-18-15(10)12/h2-8H,1H3. The molecule has 0 amide bonds. The van der Waals surface area contributed by atoms with Gasteiger partial charge in [0.1, 0.15) is 16.4 Å². The molecule has 3 aromatic rings. The molecule has 0 aliphatic carbocycles. The van der Waals surface area contributed by atoms with Gasteiger partial charge in [-0.1, -0.05) is 23.2 Å². The maximum absolute atomic E-state index is 6.16. The van der Waals surface area contributed by atoms with Crippen molar-refractivity contribution in [3.8, 4) is 11.5 Å². The molecule has 0 bridgehead atoms. The van der Waals surface area contributed by atoms with Crippen LogP contribution in [0.5, 0.6) is 11.5 Å². The molecular weight excluding hydrogens is 295 g/mol. The number of aryl methyl sites for hydroxylation is 1. The Bertz CT molecular complexity index is 790. The second-order valence-electron chi connectivity index (χ2n) is 4.32. The number of halogens is 2. The molecule has 0 aliphatic heterocycles. The van der Waals surface area contributed by atoms with Crippen LogP contribution in [0, 0.1) is 6.92 Å². The van der Waals surface area contributed by atoms with E-state index < -0.39 is 0 Å². The van der Waals surface area contributed by atoms with Crippen LogP contribution in [-0.2, 0) is 0 Å². The van der Waals surface area contributed by atoms with Crippen LogP contribution in [0.25, 0.3) is 10.9 Å². The van der Waals surface area contributed by atoms with Crippen molar-refractivity contribution in [3.63, 3.8) is 0 Å². The molecule has 0 spiro atoms. The summed E-state index contributed by atoms with van der Waals surface area (Å²) in [6.45, 7) is 1.91. The summed E-state index contributed by atoms with van der Waals surface area (Å²) in [5.74, 6) is 1.29. The van der Waals surface area contributed by atoms with Gasteiger partial charge in [-0.15, -0.1) is 0 Å². The van der Waals surface area contributed by atoms with Crippen LogP contribution in [0.4, 0.5) is 0 Å². The van der Waals surface area contributed by atoms with Crippen molar-refractivity contribution in [2.75, 3.05) is 0 Å². The third kappa shape index (κ3) is 2.42. The van der Waals surface area contributed by atoms with E-state index in [4.69, 9.17) is 27.9 Å². The topological polar surface area (TPSA) is 35.0 Å². The number of pyridine rings is 2. The van der Waals surface area contributed by atoms with Gasteiger partial charge in [-0.25, -0.2) is 4.98 Å². The lowest BCUT2D eigenvalue weighted by Crippen LogP contribution is -1.91. The monoisotopic (exact) mass is 304 g/mol. The molecule has 3 nitrogen and oxygen atoms in total. The van der Waals surface area contributed by atoms with Crippen molar-refractivity contribution in [3.05, 3.63) is 58.5 Å². The van der Waals surface area contributed by atoms with E-state index >= 15 is 0 Å². The first kappa shape index (κ1) is 13.2. The number of benzene rings is 1. The first-order valence-corrected chi connectivity index (χ1v) is 6.74. The van der Waals surface area contributed by atoms with Gasteiger partial charge >= 0.3 is 0 Å². The van der Waals surface area contributed by atoms with Crippen molar-refractivity contribution in [1.29, 1.82) is 0 Å². The van der Waals surface area contributed by atoms with E-state index in [0.29, 0.717) is 27.2 Å². The molecule has 0 radical (unpaired) electrons. The van der Waals surface area contributed by atoms with Crippen LogP contribution in [0.2, 0.25) is 10.2 Å². The van der Waals surface area contributed by atoms with Crippen molar-refractivity contribution in [2.45, 2.75) is 6.92 Å². The average Bonchev–Trinajstić information content (AvgIpc) is 2.46. The number of ether oxygens (including phenoxy) is 1. The molecule has 20 heavy (non-hydrogen) atoms. The molecule has 0 unspecified atom stereocenters. The summed E-state index contributed by atoms with van der Waals surface area (Å²) in [5.41, 5.74) is 1.61. The van der Waals surface area contributed by atoms with E-state index in [1.807, 2.05) is 19.1 Å². The highest BCUT2D eigenvalue weighted by molar-refractivity contribution is 6.35. The highest BCUT2D eigenvalue weighted by Crippen LogP contribution is 2.34. The van der Waals surface area contributed by atoms with Crippen molar-refractivity contribution >= 4 is 34.1 Å². The number of rotatable bonds is 2. The van der Waals surface area contributed by atoms with Gasteiger partial charge in [-0.3, -0.25) is 4.98 Å². The Morgan fingerprint density at radius 2 is 1.90 bits per heavy atom. The summed E-state index contributed by atoms with van der Waals surface area (Å²) < 4.78 is 5.91. The summed E-state index contributed by atoms with van der Waals surface area (Å²) in [4.78, 5) is 8.34. The van der Waals surface area contributed by atoms with Gasteiger partial charge in [0.15, 0.2) is 5.75 Å². The summed E-state index contributed by atoms with van der Waals surface area (Å²) in [6.07, 6.45) is 3.38. The van der Waals surface area contributed by atoms with Gasteiger partial charge in [0, 0.05) is 29.4 Å². The van der Waals surface area contributed by atoms with Crippen LogP contribution in [-0.4, -0.2) is 9.97 Å². The lowest BCUT2D eigenvalue weighted by atomic mass is 10.2. The maximum atomic E-state index is 6.16. The molecule has 5 heteroatoms. The number of aromatic nitrogens is 2. The predicted octanol–water partition coefficient (Wildman–Crippen LogP) is 5.04. The van der Waals surface area contributed by atoms with Crippen LogP contribution < -0.4 is 4.74 Å². The molecule has 2 aromatic heterocycles. The third-order valence-corrected chi connectivity index (χ3v) is 3.46. The predicted molar refractivity (Wildman–Crippen MR) is 80.8 cm³/mol. The molecule has 0 saturated heterocycles. The normalized spacial score (nSPS) is 10.8. The molecule has 0 N–H and O–H groups in total. The quantitative estimate of drug-likeness (QED) is 0.622. The molecule has 1 aromatic carbocycles. The largest absolute Gasteiger partial charge is 0.455 e. The molecule has 0 atom stereocenters. The van der Waals surface area contributed by atoms with Crippen LogP contribution in [0.3, 0.4) is 0 Å². The van der Waals surface area contributed by atoms with Crippen molar-refractivity contribution < 1.29 is 4.74 Å². The average molecular weight is 305 g/mol. The summed E-state index contributed by atoms with van der Waals surface area (Å²) >= 11 is 12.1. The van der Waals surface area contributed by atoms with Crippen LogP contribution in [0.15, 0.2) is 42.7 Å². The van der Waals surface area contributed by atoms with E-state index in [0.717, 1.165) is 10.9 Å². The molecule has 100 valence electrons. The van der Waals surface area contributed by atoms with E-state index in [1.165, 1.54) is 0 Å². The van der Waals surface area contributed by atoms with Crippen molar-refractivity contribution in [2.24, 2.45) is 0 Å². The molecule has 0 saturated carbocycles. The highest BCUT2D eigenvalue weighted by Gasteiger charge is 2.09. The van der Waals surface area contributed by atoms with Gasteiger partial charge in [0.2, 0.25) is 0 Å². The van der Waals surface area contributed by atoms with Crippen LogP contribution >= 0.6 is 23.2 Å². The zero-order chi connectivity index (χ0) is 14.1. The fourth-order valence-corrected chi connectivity index (χ4v) is 2.27. The first-order chi connectivity index (χ1) is 9.65. The number of nitrogens with zero attached hydrogens (tertiary/aromatic N) is 2. The Labute approximate surface area is 126 Å². The second-order valence-corrected chi connectivity index (χ2v) is 5.11. The second kappa shape index (κ2) is 5.27. The van der Waals surface area contributed by atoms with E-state index in [2.05, 4.69) is 9.97 Å². The molecule has 3 rings (SSSR count). The zero-order valence-corrected chi connectivity index (χ0v) is 12.1.